The molecule has 2 heterocycles. The van der Waals surface area contributed by atoms with Gasteiger partial charge in [0.15, 0.2) is 18.2 Å². The lowest BCUT2D eigenvalue weighted by atomic mass is 9.79. The van der Waals surface area contributed by atoms with E-state index in [1.807, 2.05) is 30.3 Å². The molecule has 0 saturated carbocycles. The molecule has 5 atom stereocenters. The van der Waals surface area contributed by atoms with Crippen LogP contribution in [-0.2, 0) is 19.9 Å². The molecule has 1 saturated heterocycles. The monoisotopic (exact) mass is 589 g/mol. The lowest BCUT2D eigenvalue weighted by Gasteiger charge is -2.40. The molecule has 3 aromatic carbocycles. The number of halogens is 1. The van der Waals surface area contributed by atoms with Crippen molar-refractivity contribution in [1.29, 1.82) is 0 Å². The topological polar surface area (TPSA) is 135 Å². The van der Waals surface area contributed by atoms with Crippen molar-refractivity contribution in [3.8, 4) is 11.5 Å². The Balaban J connectivity index is 1.66. The lowest BCUT2D eigenvalue weighted by Crippen LogP contribution is -2.48. The van der Waals surface area contributed by atoms with Gasteiger partial charge in [0.25, 0.3) is 0 Å². The minimum Gasteiger partial charge on any atom is -0.497 e. The number of hydrogen-bond donors (Lipinski definition) is 2. The number of rotatable bonds is 10. The molecule has 3 N–H and O–H groups in total. The van der Waals surface area contributed by atoms with Crippen molar-refractivity contribution in [3.63, 3.8) is 0 Å². The highest BCUT2D eigenvalue weighted by Crippen LogP contribution is 2.45. The van der Waals surface area contributed by atoms with Gasteiger partial charge in [0.1, 0.15) is 41.2 Å². The van der Waals surface area contributed by atoms with E-state index >= 15 is 4.39 Å². The highest BCUT2D eigenvalue weighted by molar-refractivity contribution is 5.81. The molecule has 4 aromatic rings. The van der Waals surface area contributed by atoms with Gasteiger partial charge in [-0.25, -0.2) is 9.18 Å². The number of ether oxygens (including phenoxy) is 4. The molecule has 1 aliphatic heterocycles. The van der Waals surface area contributed by atoms with Crippen molar-refractivity contribution in [1.82, 2.24) is 9.55 Å². The molecule has 1 fully saturated rings. The number of alkyl halides is 1. The average molecular weight is 590 g/mol. The predicted octanol–water partition coefficient (Wildman–Crippen LogP) is 3.41. The van der Waals surface area contributed by atoms with Crippen molar-refractivity contribution in [2.75, 3.05) is 20.0 Å². The summed E-state index contributed by atoms with van der Waals surface area (Å²) in [6.07, 6.45) is -7.21. The number of nitrogens with two attached hydrogens (primary N) is 1. The van der Waals surface area contributed by atoms with Crippen LogP contribution in [0.15, 0.2) is 95.9 Å². The van der Waals surface area contributed by atoms with Gasteiger partial charge in [0.05, 0.1) is 14.2 Å². The summed E-state index contributed by atoms with van der Waals surface area (Å²) >= 11 is 0. The summed E-state index contributed by atoms with van der Waals surface area (Å²) in [7, 11) is 3.10. The summed E-state index contributed by atoms with van der Waals surface area (Å²) in [5, 5.41) is 11.1. The van der Waals surface area contributed by atoms with Crippen LogP contribution >= 0.6 is 0 Å². The van der Waals surface area contributed by atoms with E-state index in [0.717, 1.165) is 4.57 Å². The Bertz CT molecular complexity index is 1570. The van der Waals surface area contributed by atoms with Gasteiger partial charge in [0, 0.05) is 6.20 Å². The van der Waals surface area contributed by atoms with Crippen LogP contribution in [0.25, 0.3) is 0 Å². The number of methoxy groups -OCH3 is 2. The molecule has 0 aliphatic carbocycles. The van der Waals surface area contributed by atoms with Crippen molar-refractivity contribution in [2.45, 2.75) is 43.2 Å². The minimum atomic E-state index is -2.08. The van der Waals surface area contributed by atoms with E-state index in [1.165, 1.54) is 19.2 Å². The number of carbonyl (C=O) groups excluding carboxylic acids is 1. The third kappa shape index (κ3) is 5.62. The number of carbonyl (C=O) groups is 1. The second-order valence-electron chi connectivity index (χ2n) is 10.1. The SMILES string of the molecule is COc1ccc(C(OC(C(C)=O)[C@H]2O[C@@H](n3ccc(N)nc3=O)[C@H](F)[C@@H]2O)(c2ccccc2)c2ccc(OC)cc2)cc1. The molecule has 224 valence electrons. The highest BCUT2D eigenvalue weighted by atomic mass is 19.1. The van der Waals surface area contributed by atoms with Gasteiger partial charge < -0.3 is 29.8 Å². The molecule has 1 aromatic heterocycles. The quantitative estimate of drug-likeness (QED) is 0.267. The van der Waals surface area contributed by atoms with Crippen LogP contribution < -0.4 is 20.9 Å². The maximum Gasteiger partial charge on any atom is 0.351 e. The van der Waals surface area contributed by atoms with Gasteiger partial charge in [-0.05, 0) is 53.9 Å². The first-order valence-electron chi connectivity index (χ1n) is 13.5. The molecule has 10 nitrogen and oxygen atoms in total. The van der Waals surface area contributed by atoms with E-state index in [9.17, 15) is 14.7 Å². The molecule has 0 bridgehead atoms. The van der Waals surface area contributed by atoms with Gasteiger partial charge in [-0.3, -0.25) is 9.36 Å². The fourth-order valence-electron chi connectivity index (χ4n) is 5.36. The Hall–Kier alpha value is -4.58. The molecule has 5 rings (SSSR count). The standard InChI is InChI=1S/C32H32FN3O7/c1-19(37)28(29-27(38)26(33)30(42-29)36-18-17-25(34)35-31(36)39)43-32(20-7-5-4-6-8-20,21-9-13-23(40-2)14-10-21)22-11-15-24(41-3)16-12-22/h4-18,26-30,38H,1-3H3,(H2,34,35,39)/t26-,27+,28?,29+,30-/m1/s1. The van der Waals surface area contributed by atoms with Crippen LogP contribution in [-0.4, -0.2) is 59.1 Å². The molecule has 11 heteroatoms. The second kappa shape index (κ2) is 12.3. The molecule has 0 spiro atoms. The predicted molar refractivity (Wildman–Crippen MR) is 156 cm³/mol. The van der Waals surface area contributed by atoms with Crippen LogP contribution in [0.5, 0.6) is 11.5 Å². The number of aliphatic hydroxyl groups is 1. The van der Waals surface area contributed by atoms with Crippen LogP contribution in [0, 0.1) is 0 Å². The number of Topliss-reactive ketones (excluding diaryl/α,β-unsaturated/α-hetero) is 1. The molecule has 1 aliphatic rings. The van der Waals surface area contributed by atoms with Gasteiger partial charge in [-0.15, -0.1) is 0 Å². The van der Waals surface area contributed by atoms with Crippen LogP contribution in [0.4, 0.5) is 10.2 Å². The van der Waals surface area contributed by atoms with Gasteiger partial charge >= 0.3 is 5.69 Å². The number of nitrogen functional groups attached to an aromatic ring is 1. The molecular formula is C32H32FN3O7. The zero-order valence-electron chi connectivity index (χ0n) is 23.8. The second-order valence-corrected chi connectivity index (χ2v) is 10.1. The lowest BCUT2D eigenvalue weighted by molar-refractivity contribution is -0.164. The first-order valence-corrected chi connectivity index (χ1v) is 13.5. The number of benzene rings is 3. The summed E-state index contributed by atoms with van der Waals surface area (Å²) in [5.41, 5.74) is 5.16. The number of ketones is 1. The number of hydrogen-bond acceptors (Lipinski definition) is 9. The molecule has 1 unspecified atom stereocenters. The van der Waals surface area contributed by atoms with Gasteiger partial charge in [0.2, 0.25) is 0 Å². The number of aliphatic hydroxyl groups excluding tert-OH is 1. The Morgan fingerprint density at radius 3 is 1.98 bits per heavy atom. The van der Waals surface area contributed by atoms with Gasteiger partial charge in [-0.2, -0.15) is 4.98 Å². The zero-order chi connectivity index (χ0) is 30.7. The van der Waals surface area contributed by atoms with Crippen molar-refractivity contribution in [2.24, 2.45) is 0 Å². The number of anilines is 1. The van der Waals surface area contributed by atoms with E-state index in [1.54, 1.807) is 62.8 Å². The molecule has 0 radical (unpaired) electrons. The zero-order valence-corrected chi connectivity index (χ0v) is 23.8. The Labute approximate surface area is 247 Å². The van der Waals surface area contributed by atoms with Gasteiger partial charge in [-0.1, -0.05) is 54.6 Å². The maximum atomic E-state index is 15.6. The van der Waals surface area contributed by atoms with E-state index in [4.69, 9.17) is 24.7 Å². The summed E-state index contributed by atoms with van der Waals surface area (Å²) in [6.45, 7) is 1.27. The first-order chi connectivity index (χ1) is 20.7. The van der Waals surface area contributed by atoms with E-state index in [-0.39, 0.29) is 5.82 Å². The minimum absolute atomic E-state index is 0.0525. The fraction of sp³-hybridized carbons (Fsp3) is 0.281. The summed E-state index contributed by atoms with van der Waals surface area (Å²) in [6, 6.07) is 24.8. The van der Waals surface area contributed by atoms with Crippen molar-refractivity contribution < 1.29 is 33.2 Å². The van der Waals surface area contributed by atoms with Crippen LogP contribution in [0.1, 0.15) is 29.8 Å². The van der Waals surface area contributed by atoms with E-state index in [0.29, 0.717) is 28.2 Å². The Morgan fingerprint density at radius 1 is 0.953 bits per heavy atom. The van der Waals surface area contributed by atoms with E-state index in [2.05, 4.69) is 4.98 Å². The van der Waals surface area contributed by atoms with E-state index < -0.39 is 47.8 Å². The Kier molecular flexibility index (Phi) is 8.58. The summed E-state index contributed by atoms with van der Waals surface area (Å²) in [4.78, 5) is 29.5. The molecule has 0 amide bonds. The van der Waals surface area contributed by atoms with Crippen molar-refractivity contribution >= 4 is 11.6 Å². The van der Waals surface area contributed by atoms with Crippen LogP contribution in [0.2, 0.25) is 0 Å². The third-order valence-corrected chi connectivity index (χ3v) is 7.53. The van der Waals surface area contributed by atoms with Crippen LogP contribution in [0.3, 0.4) is 0 Å². The Morgan fingerprint density at radius 2 is 1.49 bits per heavy atom. The number of nitrogens with zero attached hydrogens (tertiary/aromatic N) is 2. The first kappa shape index (κ1) is 29.9. The maximum absolute atomic E-state index is 15.6. The summed E-state index contributed by atoms with van der Waals surface area (Å²) in [5.74, 6) is 0.623. The fourth-order valence-corrected chi connectivity index (χ4v) is 5.36. The van der Waals surface area contributed by atoms with Crippen molar-refractivity contribution in [3.05, 3.63) is 118 Å². The third-order valence-electron chi connectivity index (χ3n) is 7.53. The number of aromatic nitrogens is 2. The smallest absolute Gasteiger partial charge is 0.351 e. The molecule has 43 heavy (non-hydrogen) atoms. The average Bonchev–Trinajstić information content (AvgIpc) is 3.31. The largest absolute Gasteiger partial charge is 0.497 e. The molecular weight excluding hydrogens is 557 g/mol. The summed E-state index contributed by atoms with van der Waals surface area (Å²) < 4.78 is 40.0. The normalized spacial score (nSPS) is 20.9. The highest BCUT2D eigenvalue weighted by Gasteiger charge is 2.53.